The minimum absolute atomic E-state index is 0.0621. The van der Waals surface area contributed by atoms with E-state index in [-0.39, 0.29) is 17.5 Å². The third-order valence-electron chi connectivity index (χ3n) is 3.97. The number of benzene rings is 1. The lowest BCUT2D eigenvalue weighted by Crippen LogP contribution is -2.39. The van der Waals surface area contributed by atoms with E-state index in [1.54, 1.807) is 23.2 Å². The molecule has 0 aliphatic carbocycles. The van der Waals surface area contributed by atoms with E-state index in [4.69, 9.17) is 0 Å². The zero-order valence-electron chi connectivity index (χ0n) is 11.9. The highest BCUT2D eigenvalue weighted by atomic mass is 16.6. The molecule has 1 aliphatic heterocycles. The van der Waals surface area contributed by atoms with Crippen molar-refractivity contribution in [3.05, 3.63) is 57.9 Å². The first-order valence-corrected chi connectivity index (χ1v) is 7.18. The largest absolute Gasteiger partial charge is 0.338 e. The summed E-state index contributed by atoms with van der Waals surface area (Å²) in [7, 11) is 0. The molecule has 1 aromatic heterocycles. The van der Waals surface area contributed by atoms with E-state index in [2.05, 4.69) is 10.2 Å². The van der Waals surface area contributed by atoms with Crippen LogP contribution in [0.2, 0.25) is 0 Å². The van der Waals surface area contributed by atoms with Gasteiger partial charge in [-0.1, -0.05) is 6.07 Å². The topological polar surface area (TPSA) is 92.1 Å². The lowest BCUT2D eigenvalue weighted by Gasteiger charge is -2.32. The highest BCUT2D eigenvalue weighted by Crippen LogP contribution is 2.26. The normalized spacial score (nSPS) is 18.2. The fourth-order valence-electron chi connectivity index (χ4n) is 2.84. The van der Waals surface area contributed by atoms with Crippen LogP contribution in [-0.2, 0) is 0 Å². The van der Waals surface area contributed by atoms with Gasteiger partial charge in [-0.15, -0.1) is 0 Å². The van der Waals surface area contributed by atoms with E-state index in [0.717, 1.165) is 18.5 Å². The maximum absolute atomic E-state index is 12.6. The molecule has 0 saturated carbocycles. The molecule has 1 saturated heterocycles. The summed E-state index contributed by atoms with van der Waals surface area (Å²) in [4.78, 5) is 24.7. The Labute approximate surface area is 127 Å². The van der Waals surface area contributed by atoms with Crippen LogP contribution >= 0.6 is 0 Å². The number of nitrogens with one attached hydrogen (secondary N) is 1. The van der Waals surface area contributed by atoms with Gasteiger partial charge in [-0.05, 0) is 25.0 Å². The molecule has 1 atom stereocenters. The Balaban J connectivity index is 1.77. The maximum atomic E-state index is 12.6. The van der Waals surface area contributed by atoms with Gasteiger partial charge in [0.1, 0.15) is 0 Å². The average Bonchev–Trinajstić information content (AvgIpc) is 3.09. The van der Waals surface area contributed by atoms with E-state index in [9.17, 15) is 14.9 Å². The summed E-state index contributed by atoms with van der Waals surface area (Å²) in [6.07, 6.45) is 3.61. The van der Waals surface area contributed by atoms with Crippen LogP contribution in [0.4, 0.5) is 5.69 Å². The Hall–Kier alpha value is -2.70. The number of non-ortho nitro benzene ring substituents is 1. The van der Waals surface area contributed by atoms with E-state index in [1.807, 2.05) is 6.07 Å². The molecule has 114 valence electrons. The molecule has 0 radical (unpaired) electrons. The van der Waals surface area contributed by atoms with Gasteiger partial charge >= 0.3 is 0 Å². The van der Waals surface area contributed by atoms with E-state index >= 15 is 0 Å². The van der Waals surface area contributed by atoms with Gasteiger partial charge in [0, 0.05) is 48.6 Å². The van der Waals surface area contributed by atoms with Crippen molar-refractivity contribution in [2.24, 2.45) is 0 Å². The Morgan fingerprint density at radius 1 is 1.41 bits per heavy atom. The summed E-state index contributed by atoms with van der Waals surface area (Å²) in [6.45, 7) is 1.27. The zero-order chi connectivity index (χ0) is 15.5. The monoisotopic (exact) mass is 300 g/mol. The predicted octanol–water partition coefficient (Wildman–Crippen LogP) is 2.34. The number of rotatable bonds is 3. The molecule has 0 unspecified atom stereocenters. The Morgan fingerprint density at radius 2 is 2.27 bits per heavy atom. The number of piperidine rings is 1. The van der Waals surface area contributed by atoms with Gasteiger partial charge in [-0.2, -0.15) is 5.10 Å². The molecule has 1 aromatic carbocycles. The van der Waals surface area contributed by atoms with Gasteiger partial charge < -0.3 is 4.90 Å². The van der Waals surface area contributed by atoms with E-state index in [0.29, 0.717) is 18.7 Å². The minimum atomic E-state index is -0.486. The second kappa shape index (κ2) is 5.97. The molecule has 1 N–H and O–H groups in total. The second-order valence-electron chi connectivity index (χ2n) is 5.41. The molecule has 3 rings (SSSR count). The fraction of sp³-hybridized carbons (Fsp3) is 0.333. The molecule has 0 bridgehead atoms. The number of amides is 1. The fourth-order valence-corrected chi connectivity index (χ4v) is 2.84. The number of carbonyl (C=O) groups excluding carboxylic acids is 1. The summed E-state index contributed by atoms with van der Waals surface area (Å²) in [5, 5.41) is 17.7. The minimum Gasteiger partial charge on any atom is -0.338 e. The van der Waals surface area contributed by atoms with Crippen molar-refractivity contribution in [1.29, 1.82) is 0 Å². The van der Waals surface area contributed by atoms with Crippen molar-refractivity contribution < 1.29 is 9.72 Å². The van der Waals surface area contributed by atoms with Crippen molar-refractivity contribution in [3.8, 4) is 0 Å². The van der Waals surface area contributed by atoms with Crippen LogP contribution in [0.3, 0.4) is 0 Å². The summed E-state index contributed by atoms with van der Waals surface area (Å²) < 4.78 is 0. The zero-order valence-corrected chi connectivity index (χ0v) is 11.9. The first-order chi connectivity index (χ1) is 10.6. The van der Waals surface area contributed by atoms with Crippen LogP contribution in [-0.4, -0.2) is 39.0 Å². The van der Waals surface area contributed by atoms with E-state index < -0.39 is 4.92 Å². The molecule has 1 fully saturated rings. The number of hydrogen-bond donors (Lipinski definition) is 1. The molecule has 1 aliphatic rings. The Bertz CT molecular complexity index is 684. The molecule has 2 aromatic rings. The maximum Gasteiger partial charge on any atom is 0.270 e. The van der Waals surface area contributed by atoms with Crippen LogP contribution in [0.25, 0.3) is 0 Å². The smallest absolute Gasteiger partial charge is 0.270 e. The molecular weight excluding hydrogens is 284 g/mol. The molecule has 7 nitrogen and oxygen atoms in total. The number of H-pyrrole nitrogens is 1. The molecule has 7 heteroatoms. The molecule has 0 spiro atoms. The number of nitro groups is 1. The summed E-state index contributed by atoms with van der Waals surface area (Å²) in [5.41, 5.74) is 1.32. The van der Waals surface area contributed by atoms with Gasteiger partial charge in [0.2, 0.25) is 0 Å². The number of carbonyl (C=O) groups is 1. The molecule has 2 heterocycles. The number of nitro benzene ring substituents is 1. The first-order valence-electron chi connectivity index (χ1n) is 7.18. The van der Waals surface area contributed by atoms with Crippen LogP contribution < -0.4 is 0 Å². The predicted molar refractivity (Wildman–Crippen MR) is 79.6 cm³/mol. The lowest BCUT2D eigenvalue weighted by atomic mass is 9.94. The highest BCUT2D eigenvalue weighted by molar-refractivity contribution is 5.95. The van der Waals surface area contributed by atoms with Crippen LogP contribution in [0.15, 0.2) is 36.5 Å². The summed E-state index contributed by atoms with van der Waals surface area (Å²) in [6, 6.07) is 7.81. The number of aromatic amines is 1. The van der Waals surface area contributed by atoms with Gasteiger partial charge in [0.05, 0.1) is 4.92 Å². The highest BCUT2D eigenvalue weighted by Gasteiger charge is 2.26. The lowest BCUT2D eigenvalue weighted by molar-refractivity contribution is -0.384. The number of likely N-dealkylation sites (tertiary alicyclic amines) is 1. The van der Waals surface area contributed by atoms with Crippen molar-refractivity contribution in [2.75, 3.05) is 13.1 Å². The number of nitrogens with zero attached hydrogens (tertiary/aromatic N) is 3. The third-order valence-corrected chi connectivity index (χ3v) is 3.97. The van der Waals surface area contributed by atoms with Crippen molar-refractivity contribution in [3.63, 3.8) is 0 Å². The third kappa shape index (κ3) is 2.83. The van der Waals surface area contributed by atoms with Crippen LogP contribution in [0.5, 0.6) is 0 Å². The number of hydrogen-bond acceptors (Lipinski definition) is 4. The van der Waals surface area contributed by atoms with Gasteiger partial charge in [-0.25, -0.2) is 0 Å². The second-order valence-corrected chi connectivity index (χ2v) is 5.41. The van der Waals surface area contributed by atoms with Crippen molar-refractivity contribution >= 4 is 11.6 Å². The standard InChI is InChI=1S/C15H16N4O3/c20-15(11-3-1-5-13(9-11)19(21)22)18-8-2-4-12(10-18)14-6-7-16-17-14/h1,3,5-7,9,12H,2,4,8,10H2,(H,16,17)/t12-/m0/s1. The Kier molecular flexibility index (Phi) is 3.86. The molecule has 22 heavy (non-hydrogen) atoms. The SMILES string of the molecule is O=C(c1cccc([N+](=O)[O-])c1)N1CCC[C@H](c2ccn[nH]2)C1. The van der Waals surface area contributed by atoms with Crippen molar-refractivity contribution in [2.45, 2.75) is 18.8 Å². The number of aromatic nitrogens is 2. The molecule has 1 amide bonds. The summed E-state index contributed by atoms with van der Waals surface area (Å²) in [5.74, 6) is 0.0758. The van der Waals surface area contributed by atoms with Gasteiger partial charge in [0.15, 0.2) is 0 Å². The van der Waals surface area contributed by atoms with Crippen molar-refractivity contribution in [1.82, 2.24) is 15.1 Å². The van der Waals surface area contributed by atoms with Crippen LogP contribution in [0, 0.1) is 10.1 Å². The molecular formula is C15H16N4O3. The average molecular weight is 300 g/mol. The van der Waals surface area contributed by atoms with Gasteiger partial charge in [0.25, 0.3) is 11.6 Å². The van der Waals surface area contributed by atoms with Gasteiger partial charge in [-0.3, -0.25) is 20.0 Å². The van der Waals surface area contributed by atoms with E-state index in [1.165, 1.54) is 12.1 Å². The first kappa shape index (κ1) is 14.2. The summed E-state index contributed by atoms with van der Waals surface area (Å²) >= 11 is 0. The quantitative estimate of drug-likeness (QED) is 0.695. The Morgan fingerprint density at radius 3 is 3.00 bits per heavy atom. The van der Waals surface area contributed by atoms with Crippen LogP contribution in [0.1, 0.15) is 34.8 Å².